The molecule has 0 nitrogen and oxygen atoms in total. The minimum absolute atomic E-state index is 0.0108. The number of hydrogen-bond donors (Lipinski definition) is 0. The van der Waals surface area contributed by atoms with Crippen LogP contribution in [0.4, 0.5) is 17.6 Å². The van der Waals surface area contributed by atoms with Gasteiger partial charge in [-0.3, -0.25) is 0 Å². The molecule has 0 unspecified atom stereocenters. The lowest BCUT2D eigenvalue weighted by Crippen LogP contribution is -2.35. The number of rotatable bonds is 6. The molecule has 0 atom stereocenters. The normalized spacial score (nSPS) is 12.8. The van der Waals surface area contributed by atoms with Crippen LogP contribution in [0.15, 0.2) is 30.3 Å². The van der Waals surface area contributed by atoms with Crippen LogP contribution in [0.3, 0.4) is 0 Å². The molecule has 0 fully saturated rings. The van der Waals surface area contributed by atoms with Gasteiger partial charge in [-0.2, -0.15) is 29.3 Å². The zero-order valence-corrected chi connectivity index (χ0v) is 11.2. The number of hydrogen-bond acceptors (Lipinski definition) is 1. The van der Waals surface area contributed by atoms with E-state index in [-0.39, 0.29) is 5.75 Å². The maximum Gasteiger partial charge on any atom is 0.363 e. The molecule has 0 aliphatic heterocycles. The van der Waals surface area contributed by atoms with Crippen molar-refractivity contribution in [3.8, 4) is 0 Å². The molecule has 6 heteroatoms. The van der Waals surface area contributed by atoms with Crippen LogP contribution in [-0.2, 0) is 5.75 Å². The molecule has 0 amide bonds. The van der Waals surface area contributed by atoms with Crippen molar-refractivity contribution in [2.24, 2.45) is 0 Å². The van der Waals surface area contributed by atoms with Gasteiger partial charge in [-0.25, -0.2) is 0 Å². The lowest BCUT2D eigenvalue weighted by atomic mass is 10.2. The van der Waals surface area contributed by atoms with E-state index < -0.39 is 17.2 Å². The smallest absolute Gasteiger partial charge is 0.199 e. The summed E-state index contributed by atoms with van der Waals surface area (Å²) in [5.74, 6) is -3.47. The molecular weight excluding hydrogens is 320 g/mol. The molecule has 17 heavy (non-hydrogen) atoms. The molecule has 1 aromatic rings. The predicted octanol–water partition coefficient (Wildman–Crippen LogP) is 4.93. The lowest BCUT2D eigenvalue weighted by molar-refractivity contribution is -0.147. The minimum atomic E-state index is -4.13. The van der Waals surface area contributed by atoms with E-state index in [1.54, 1.807) is 15.9 Å². The molecule has 0 aliphatic carbocycles. The van der Waals surface area contributed by atoms with Crippen molar-refractivity contribution >= 4 is 27.7 Å². The number of benzene rings is 1. The van der Waals surface area contributed by atoms with Crippen LogP contribution >= 0.6 is 27.7 Å². The first-order valence-electron chi connectivity index (χ1n) is 4.89. The van der Waals surface area contributed by atoms with Gasteiger partial charge >= 0.3 is 10.8 Å². The molecule has 96 valence electrons. The summed E-state index contributed by atoms with van der Waals surface area (Å²) < 4.78 is 50.5. The van der Waals surface area contributed by atoms with Gasteiger partial charge in [-0.05, 0) is 27.2 Å². The van der Waals surface area contributed by atoms with Crippen molar-refractivity contribution in [3.63, 3.8) is 0 Å². The van der Waals surface area contributed by atoms with E-state index in [4.69, 9.17) is 0 Å². The fraction of sp³-hybridized carbons (Fsp3) is 0.455. The fourth-order valence-corrected chi connectivity index (χ4v) is 2.28. The summed E-state index contributed by atoms with van der Waals surface area (Å²) in [4.78, 5) is -4.13. The van der Waals surface area contributed by atoms with E-state index in [1.807, 2.05) is 30.3 Å². The predicted molar refractivity (Wildman–Crippen MR) is 66.0 cm³/mol. The Labute approximate surface area is 110 Å². The van der Waals surface area contributed by atoms with E-state index in [1.165, 1.54) is 11.8 Å². The first-order chi connectivity index (χ1) is 7.83. The molecule has 0 N–H and O–H groups in total. The summed E-state index contributed by atoms with van der Waals surface area (Å²) in [6.45, 7) is 0. The molecule has 0 aliphatic rings. The van der Waals surface area contributed by atoms with Crippen molar-refractivity contribution in [3.05, 3.63) is 35.9 Å². The van der Waals surface area contributed by atoms with Gasteiger partial charge in [0.2, 0.25) is 0 Å². The fourth-order valence-electron chi connectivity index (χ4n) is 1.11. The van der Waals surface area contributed by atoms with Crippen molar-refractivity contribution in [1.29, 1.82) is 0 Å². The van der Waals surface area contributed by atoms with E-state index in [2.05, 4.69) is 0 Å². The monoisotopic (exact) mass is 330 g/mol. The van der Waals surface area contributed by atoms with Gasteiger partial charge < -0.3 is 0 Å². The van der Waals surface area contributed by atoms with Gasteiger partial charge in [0, 0.05) is 12.2 Å². The van der Waals surface area contributed by atoms with Gasteiger partial charge in [-0.15, -0.1) is 0 Å². The van der Waals surface area contributed by atoms with Crippen LogP contribution in [-0.4, -0.2) is 16.5 Å². The summed E-state index contributed by atoms with van der Waals surface area (Å²) >= 11 is 2.92. The Morgan fingerprint density at radius 2 is 1.65 bits per heavy atom. The SMILES string of the molecule is FC(F)(Br)C(F)(F)CCSCc1ccccc1. The van der Waals surface area contributed by atoms with Gasteiger partial charge in [0.25, 0.3) is 0 Å². The second-order valence-corrected chi connectivity index (χ2v) is 5.59. The Hall–Kier alpha value is -0.230. The number of halogens is 5. The summed E-state index contributed by atoms with van der Waals surface area (Å²) in [5, 5.41) is 0. The summed E-state index contributed by atoms with van der Waals surface area (Å²) in [7, 11) is 0. The van der Waals surface area contributed by atoms with Crippen LogP contribution in [0.25, 0.3) is 0 Å². The molecule has 0 radical (unpaired) electrons. The van der Waals surface area contributed by atoms with Gasteiger partial charge in [0.1, 0.15) is 0 Å². The maximum atomic E-state index is 12.8. The number of thioether (sulfide) groups is 1. The quantitative estimate of drug-likeness (QED) is 0.404. The molecule has 0 bridgehead atoms. The summed E-state index contributed by atoms with van der Waals surface area (Å²) in [6.07, 6.45) is -0.844. The van der Waals surface area contributed by atoms with Gasteiger partial charge in [-0.1, -0.05) is 30.3 Å². The molecule has 0 spiro atoms. The Kier molecular flexibility index (Phi) is 5.31. The summed E-state index contributed by atoms with van der Waals surface area (Å²) in [5.41, 5.74) is 0.992. The molecule has 0 saturated carbocycles. The Bertz CT molecular complexity index is 337. The highest BCUT2D eigenvalue weighted by Gasteiger charge is 2.53. The molecule has 1 rings (SSSR count). The highest BCUT2D eigenvalue weighted by molar-refractivity contribution is 9.10. The minimum Gasteiger partial charge on any atom is -0.199 e. The number of alkyl halides is 5. The Balaban J connectivity index is 2.30. The van der Waals surface area contributed by atoms with Crippen molar-refractivity contribution < 1.29 is 17.6 Å². The second-order valence-electron chi connectivity index (χ2n) is 3.49. The van der Waals surface area contributed by atoms with E-state index in [0.717, 1.165) is 5.56 Å². The summed E-state index contributed by atoms with van der Waals surface area (Å²) in [6, 6.07) is 9.27. The first-order valence-corrected chi connectivity index (χ1v) is 6.84. The van der Waals surface area contributed by atoms with Gasteiger partial charge in [0.05, 0.1) is 0 Å². The van der Waals surface area contributed by atoms with Crippen molar-refractivity contribution in [2.45, 2.75) is 22.9 Å². The van der Waals surface area contributed by atoms with Crippen LogP contribution in [0.1, 0.15) is 12.0 Å². The largest absolute Gasteiger partial charge is 0.363 e. The zero-order chi connectivity index (χ0) is 12.9. The van der Waals surface area contributed by atoms with E-state index in [0.29, 0.717) is 5.75 Å². The van der Waals surface area contributed by atoms with Gasteiger partial charge in [0.15, 0.2) is 0 Å². The van der Waals surface area contributed by atoms with Crippen LogP contribution in [0.2, 0.25) is 0 Å². The Morgan fingerprint density at radius 3 is 2.18 bits per heavy atom. The maximum absolute atomic E-state index is 12.8. The van der Waals surface area contributed by atoms with Crippen LogP contribution in [0, 0.1) is 0 Å². The first kappa shape index (κ1) is 14.8. The average Bonchev–Trinajstić information content (AvgIpc) is 2.24. The third-order valence-corrected chi connectivity index (χ3v) is 3.70. The molecule has 0 saturated heterocycles. The van der Waals surface area contributed by atoms with Crippen molar-refractivity contribution in [2.75, 3.05) is 5.75 Å². The molecule has 0 heterocycles. The van der Waals surface area contributed by atoms with Crippen molar-refractivity contribution in [1.82, 2.24) is 0 Å². The van der Waals surface area contributed by atoms with E-state index >= 15 is 0 Å². The molecular formula is C11H11BrF4S. The standard InChI is InChI=1S/C11H11BrF4S/c12-11(15,16)10(13,14)6-7-17-8-9-4-2-1-3-5-9/h1-5H,6-8H2. The van der Waals surface area contributed by atoms with Crippen LogP contribution < -0.4 is 0 Å². The highest BCUT2D eigenvalue weighted by Crippen LogP contribution is 2.42. The Morgan fingerprint density at radius 1 is 1.06 bits per heavy atom. The lowest BCUT2D eigenvalue weighted by Gasteiger charge is -2.20. The molecule has 1 aromatic carbocycles. The average molecular weight is 331 g/mol. The molecule has 0 aromatic heterocycles. The topological polar surface area (TPSA) is 0 Å². The van der Waals surface area contributed by atoms with Crippen LogP contribution in [0.5, 0.6) is 0 Å². The zero-order valence-electron chi connectivity index (χ0n) is 8.81. The second kappa shape index (κ2) is 6.09. The third kappa shape index (κ3) is 4.87. The van der Waals surface area contributed by atoms with E-state index in [9.17, 15) is 17.6 Å². The highest BCUT2D eigenvalue weighted by atomic mass is 79.9. The third-order valence-electron chi connectivity index (χ3n) is 2.09.